The molecule has 6 nitrogen and oxygen atoms in total. The van der Waals surface area contributed by atoms with Gasteiger partial charge in [-0.05, 0) is 18.2 Å². The molecular weight excluding hydrogens is 330 g/mol. The van der Waals surface area contributed by atoms with E-state index in [0.29, 0.717) is 25.8 Å². The van der Waals surface area contributed by atoms with E-state index >= 15 is 0 Å². The van der Waals surface area contributed by atoms with Gasteiger partial charge in [0.2, 0.25) is 0 Å². The van der Waals surface area contributed by atoms with Crippen LogP contribution < -0.4 is 5.32 Å². The number of carbonyl (C=O) groups excluding carboxylic acids is 1. The Morgan fingerprint density at radius 3 is 2.80 bits per heavy atom. The molecule has 8 heteroatoms. The van der Waals surface area contributed by atoms with E-state index in [2.05, 4.69) is 26.6 Å². The van der Waals surface area contributed by atoms with Crippen LogP contribution in [0.3, 0.4) is 0 Å². The molecule has 0 fully saturated rings. The lowest BCUT2D eigenvalue weighted by molar-refractivity contribution is 0.0943. The third kappa shape index (κ3) is 3.88. The number of hydrogen-bond acceptors (Lipinski definition) is 5. The molecule has 1 N–H and O–H groups in total. The van der Waals surface area contributed by atoms with Crippen LogP contribution in [0.5, 0.6) is 0 Å². The van der Waals surface area contributed by atoms with Gasteiger partial charge in [-0.2, -0.15) is 10.2 Å². The zero-order chi connectivity index (χ0) is 17.9. The maximum Gasteiger partial charge on any atom is 0.273 e. The first-order valence-corrected chi connectivity index (χ1v) is 7.61. The average molecular weight is 344 g/mol. The fourth-order valence-corrected chi connectivity index (χ4v) is 2.33. The van der Waals surface area contributed by atoms with Crippen molar-refractivity contribution in [2.75, 3.05) is 6.54 Å². The van der Waals surface area contributed by atoms with E-state index in [-0.39, 0.29) is 17.0 Å². The summed E-state index contributed by atoms with van der Waals surface area (Å²) in [5, 5.41) is 14.2. The fraction of sp³-hybridized carbons (Fsp3) is 0.294. The molecule has 0 bridgehead atoms. The quantitative estimate of drug-likeness (QED) is 0.783. The van der Waals surface area contributed by atoms with Crippen molar-refractivity contribution < 1.29 is 18.1 Å². The van der Waals surface area contributed by atoms with Crippen molar-refractivity contribution in [2.45, 2.75) is 24.9 Å². The van der Waals surface area contributed by atoms with Crippen molar-refractivity contribution in [3.63, 3.8) is 0 Å². The zero-order valence-corrected chi connectivity index (χ0v) is 13.1. The number of benzene rings is 1. The molecule has 0 atom stereocenters. The average Bonchev–Trinajstić information content (AvgIpc) is 3.19. The van der Waals surface area contributed by atoms with E-state index in [4.69, 9.17) is 10.9 Å². The van der Waals surface area contributed by atoms with Crippen LogP contribution in [0.2, 0.25) is 0 Å². The van der Waals surface area contributed by atoms with Gasteiger partial charge in [0.15, 0.2) is 17.1 Å². The minimum atomic E-state index is -0.670. The van der Waals surface area contributed by atoms with E-state index in [1.165, 1.54) is 6.07 Å². The van der Waals surface area contributed by atoms with Gasteiger partial charge in [-0.15, -0.1) is 12.3 Å². The summed E-state index contributed by atoms with van der Waals surface area (Å²) in [4.78, 5) is 12.1. The molecule has 2 aromatic rings. The highest BCUT2D eigenvalue weighted by atomic mass is 19.1. The van der Waals surface area contributed by atoms with Crippen molar-refractivity contribution in [1.29, 1.82) is 0 Å². The number of nitrogens with one attached hydrogen (secondary N) is 1. The van der Waals surface area contributed by atoms with Gasteiger partial charge >= 0.3 is 0 Å². The van der Waals surface area contributed by atoms with Crippen molar-refractivity contribution in [3.8, 4) is 23.7 Å². The summed E-state index contributed by atoms with van der Waals surface area (Å²) in [6.07, 6.45) is 6.95. The summed E-state index contributed by atoms with van der Waals surface area (Å²) >= 11 is 0. The van der Waals surface area contributed by atoms with Gasteiger partial charge in [-0.25, -0.2) is 8.78 Å². The number of amides is 1. The highest BCUT2D eigenvalue weighted by molar-refractivity contribution is 5.93. The zero-order valence-electron chi connectivity index (χ0n) is 13.1. The monoisotopic (exact) mass is 344 g/mol. The minimum absolute atomic E-state index is 0.0268. The Hall–Kier alpha value is -3.08. The molecule has 1 aliphatic rings. The van der Waals surface area contributed by atoms with Crippen LogP contribution in [-0.4, -0.2) is 23.3 Å². The predicted octanol–water partition coefficient (Wildman–Crippen LogP) is 3.32. The Kier molecular flexibility index (Phi) is 4.57. The second-order valence-corrected chi connectivity index (χ2v) is 5.59. The predicted molar refractivity (Wildman–Crippen MR) is 84.5 cm³/mol. The van der Waals surface area contributed by atoms with Crippen LogP contribution in [0.25, 0.3) is 11.3 Å². The standard InChI is InChI=1S/C17H14F2N4O2/c1-2-3-6-17(22-23-17)7-8-20-16(24)14-10-15(25-21-14)12-9-11(18)4-5-13(12)19/h1,4-5,9-10H,3,6-8H2,(H,20,24). The van der Waals surface area contributed by atoms with Crippen LogP contribution in [0, 0.1) is 24.0 Å². The lowest BCUT2D eigenvalue weighted by Gasteiger charge is -2.08. The summed E-state index contributed by atoms with van der Waals surface area (Å²) in [6, 6.07) is 4.20. The fourth-order valence-electron chi connectivity index (χ4n) is 2.33. The van der Waals surface area contributed by atoms with Crippen LogP contribution in [0.4, 0.5) is 8.78 Å². The number of terminal acetylenes is 1. The maximum absolute atomic E-state index is 13.7. The van der Waals surface area contributed by atoms with Crippen molar-refractivity contribution in [2.24, 2.45) is 10.2 Å². The lowest BCUT2D eigenvalue weighted by atomic mass is 10.0. The van der Waals surface area contributed by atoms with Crippen LogP contribution in [0.1, 0.15) is 29.8 Å². The second-order valence-electron chi connectivity index (χ2n) is 5.59. The smallest absolute Gasteiger partial charge is 0.273 e. The maximum atomic E-state index is 13.7. The van der Waals surface area contributed by atoms with E-state index in [1.54, 1.807) is 0 Å². The number of rotatable bonds is 7. The summed E-state index contributed by atoms with van der Waals surface area (Å²) in [6.45, 7) is 0.326. The SMILES string of the molecule is C#CCCC1(CCNC(=O)c2cc(-c3cc(F)ccc3F)on2)N=N1. The summed E-state index contributed by atoms with van der Waals surface area (Å²) in [5.41, 5.74) is -0.615. The topological polar surface area (TPSA) is 79.9 Å². The molecule has 0 saturated heterocycles. The molecule has 25 heavy (non-hydrogen) atoms. The van der Waals surface area contributed by atoms with Crippen LogP contribution in [0.15, 0.2) is 39.0 Å². The first-order chi connectivity index (χ1) is 12.0. The normalized spacial score (nSPS) is 14.1. The Labute approximate surface area is 142 Å². The first kappa shape index (κ1) is 16.8. The van der Waals surface area contributed by atoms with Crippen LogP contribution >= 0.6 is 0 Å². The molecular formula is C17H14F2N4O2. The molecule has 1 aliphatic heterocycles. The van der Waals surface area contributed by atoms with Crippen molar-refractivity contribution >= 4 is 5.91 Å². The van der Waals surface area contributed by atoms with Gasteiger partial charge < -0.3 is 9.84 Å². The lowest BCUT2D eigenvalue weighted by Crippen LogP contribution is -2.28. The number of carbonyl (C=O) groups is 1. The molecule has 128 valence electrons. The summed E-state index contributed by atoms with van der Waals surface area (Å²) in [5.74, 6) is 0.727. The molecule has 0 aliphatic carbocycles. The third-order valence-electron chi connectivity index (χ3n) is 3.80. The molecule has 2 heterocycles. The largest absolute Gasteiger partial charge is 0.355 e. The van der Waals surface area contributed by atoms with Crippen molar-refractivity contribution in [1.82, 2.24) is 10.5 Å². The first-order valence-electron chi connectivity index (χ1n) is 7.61. The number of aromatic nitrogens is 1. The molecule has 1 amide bonds. The van der Waals surface area contributed by atoms with E-state index in [9.17, 15) is 13.6 Å². The highest BCUT2D eigenvalue weighted by Gasteiger charge is 2.38. The molecule has 0 unspecified atom stereocenters. The van der Waals surface area contributed by atoms with Crippen LogP contribution in [-0.2, 0) is 0 Å². The molecule has 0 saturated carbocycles. The van der Waals surface area contributed by atoms with Gasteiger partial charge in [0, 0.05) is 31.9 Å². The van der Waals surface area contributed by atoms with E-state index < -0.39 is 23.2 Å². The molecule has 1 aromatic carbocycles. The van der Waals surface area contributed by atoms with E-state index in [0.717, 1.165) is 18.2 Å². The molecule has 0 spiro atoms. The van der Waals surface area contributed by atoms with E-state index in [1.807, 2.05) is 0 Å². The Morgan fingerprint density at radius 1 is 1.28 bits per heavy atom. The van der Waals surface area contributed by atoms with Crippen molar-refractivity contribution in [3.05, 3.63) is 41.6 Å². The Balaban J connectivity index is 1.58. The number of hydrogen-bond donors (Lipinski definition) is 1. The van der Waals surface area contributed by atoms with Gasteiger partial charge in [-0.3, -0.25) is 4.79 Å². The molecule has 1 aromatic heterocycles. The van der Waals surface area contributed by atoms with Gasteiger partial charge in [0.25, 0.3) is 5.91 Å². The highest BCUT2D eigenvalue weighted by Crippen LogP contribution is 2.36. The summed E-state index contributed by atoms with van der Waals surface area (Å²) < 4.78 is 31.9. The summed E-state index contributed by atoms with van der Waals surface area (Å²) in [7, 11) is 0. The second kappa shape index (κ2) is 6.81. The van der Waals surface area contributed by atoms with Gasteiger partial charge in [0.1, 0.15) is 11.6 Å². The minimum Gasteiger partial charge on any atom is -0.355 e. The number of halogens is 2. The number of nitrogens with zero attached hydrogens (tertiary/aromatic N) is 3. The molecule has 3 rings (SSSR count). The van der Waals surface area contributed by atoms with Gasteiger partial charge in [-0.1, -0.05) is 5.16 Å². The van der Waals surface area contributed by atoms with Gasteiger partial charge in [0.05, 0.1) is 5.56 Å². The molecule has 0 radical (unpaired) electrons. The Bertz CT molecular complexity index is 864. The Morgan fingerprint density at radius 2 is 2.08 bits per heavy atom. The third-order valence-corrected chi connectivity index (χ3v) is 3.80.